The molecule has 0 N–H and O–H groups in total. The Kier molecular flexibility index (Phi) is 18.2. The quantitative estimate of drug-likeness (QED) is 0.104. The Bertz CT molecular complexity index is 1870. The van der Waals surface area contributed by atoms with E-state index in [1.54, 1.807) is 0 Å². The van der Waals surface area contributed by atoms with Crippen molar-refractivity contribution in [2.75, 3.05) is 0 Å². The molecule has 0 heterocycles. The first-order valence-electron chi connectivity index (χ1n) is 20.7. The molecule has 0 bridgehead atoms. The summed E-state index contributed by atoms with van der Waals surface area (Å²) in [5.74, 6) is 0. The molecule has 6 aromatic rings. The van der Waals surface area contributed by atoms with Gasteiger partial charge >= 0.3 is 27.9 Å². The first-order valence-corrected chi connectivity index (χ1v) is 38.6. The average Bonchev–Trinajstić information content (AvgIpc) is 3.29. The second kappa shape index (κ2) is 23.7. The molecule has 0 aliphatic carbocycles. The van der Waals surface area contributed by atoms with Gasteiger partial charge in [0, 0.05) is 4.82 Å². The van der Waals surface area contributed by atoms with Crippen LogP contribution in [-0.2, 0) is 24.7 Å². The predicted octanol–water partition coefficient (Wildman–Crippen LogP) is 2.86. The van der Waals surface area contributed by atoms with Gasteiger partial charge in [-0.1, -0.05) is 182 Å². The molecule has 0 aliphatic heterocycles. The molecule has 15 heteroatoms. The highest BCUT2D eigenvalue weighted by Crippen LogP contribution is 2.19. The van der Waals surface area contributed by atoms with E-state index in [9.17, 15) is 0 Å². The topological polar surface area (TPSA) is 55.4 Å². The van der Waals surface area contributed by atoms with Gasteiger partial charge in [0.05, 0.1) is 0 Å². The summed E-state index contributed by atoms with van der Waals surface area (Å²) in [4.78, 5) is 1.10. The van der Waals surface area contributed by atoms with Crippen LogP contribution in [0.1, 0.15) is 0 Å². The van der Waals surface area contributed by atoms with Crippen molar-refractivity contribution in [3.05, 3.63) is 193 Å². The molecule has 6 aromatic carbocycles. The van der Waals surface area contributed by atoms with Gasteiger partial charge in [0.25, 0.3) is 0 Å². The lowest BCUT2D eigenvalue weighted by molar-refractivity contribution is 0.433. The van der Waals surface area contributed by atoms with Gasteiger partial charge in [-0.05, 0) is 76.1 Å². The maximum atomic E-state index is 7.49. The number of hydrogen-bond donors (Lipinski definition) is 0. The fraction of sp³-hybridized carbons (Fsp3) is 0.136. The summed E-state index contributed by atoms with van der Waals surface area (Å²) >= 11 is 0. The first kappa shape index (κ1) is 45.3. The average molecular weight is 936 g/mol. The van der Waals surface area contributed by atoms with Gasteiger partial charge in [-0.15, -0.1) is 0 Å². The Balaban J connectivity index is 1.51. The summed E-state index contributed by atoms with van der Waals surface area (Å²) in [6.07, 6.45) is 0. The molecule has 0 fully saturated rings. The zero-order valence-corrected chi connectivity index (χ0v) is 45.4. The van der Waals surface area contributed by atoms with E-state index in [0.717, 1.165) is 4.82 Å². The minimum absolute atomic E-state index is 1.10. The summed E-state index contributed by atoms with van der Waals surface area (Å²) in [5.41, 5.74) is 2.36. The monoisotopic (exact) mass is 934 g/mol. The third-order valence-electron chi connectivity index (χ3n) is 10.5. The van der Waals surface area contributed by atoms with Crippen LogP contribution < -0.4 is 31.1 Å². The van der Waals surface area contributed by atoms with Crippen molar-refractivity contribution in [2.45, 2.75) is 39.3 Å². The standard InChI is InChI=1S/C44H58O6Si9/c1-51(38-25-13-7-14-26-38)45-57(46-52(2)39-27-15-8-16-28-39)37-44(58(47-53(3)40-29-17-9-18-30-40)48-54(4)41-31-19-10-20-32-41)59(49-55(5)42-33-21-11-22-34-42)50-56(6)43-35-23-12-24-36-43/h7-37,51-59H,1-6H3. The lowest BCUT2D eigenvalue weighted by atomic mass is 10.4. The van der Waals surface area contributed by atoms with E-state index in [0.29, 0.717) is 0 Å². The minimum Gasteiger partial charge on any atom is -0.434 e. The minimum atomic E-state index is -2.72. The molecular weight excluding hydrogens is 877 g/mol. The van der Waals surface area contributed by atoms with Crippen molar-refractivity contribution in [3.63, 3.8) is 0 Å². The molecule has 59 heavy (non-hydrogen) atoms. The van der Waals surface area contributed by atoms with Gasteiger partial charge in [-0.2, -0.15) is 0 Å². The van der Waals surface area contributed by atoms with Crippen LogP contribution in [0.5, 0.6) is 0 Å². The largest absolute Gasteiger partial charge is 0.434 e. The summed E-state index contributed by atoms with van der Waals surface area (Å²) < 4.78 is 44.6. The summed E-state index contributed by atoms with van der Waals surface area (Å²) in [6, 6.07) is 64.1. The van der Waals surface area contributed by atoms with E-state index in [-0.39, 0.29) is 0 Å². The van der Waals surface area contributed by atoms with Gasteiger partial charge in [0.15, 0.2) is 54.2 Å². The van der Waals surface area contributed by atoms with Gasteiger partial charge in [0.2, 0.25) is 0 Å². The molecule has 0 saturated heterocycles. The third kappa shape index (κ3) is 13.9. The predicted molar refractivity (Wildman–Crippen MR) is 271 cm³/mol. The van der Waals surface area contributed by atoms with E-state index in [1.165, 1.54) is 31.1 Å². The number of rotatable bonds is 21. The highest BCUT2D eigenvalue weighted by Gasteiger charge is 2.38. The summed E-state index contributed by atoms with van der Waals surface area (Å²) in [7, 11) is -19.6. The number of hydrogen-bond acceptors (Lipinski definition) is 6. The molecule has 6 nitrogen and oxygen atoms in total. The third-order valence-corrected chi connectivity index (χ3v) is 38.8. The Morgan fingerprint density at radius 1 is 0.288 bits per heavy atom. The van der Waals surface area contributed by atoms with Crippen LogP contribution in [0, 0.1) is 0 Å². The maximum Gasteiger partial charge on any atom is 0.330 e. The smallest absolute Gasteiger partial charge is 0.330 e. The fourth-order valence-electron chi connectivity index (χ4n) is 6.87. The molecule has 0 radical (unpaired) electrons. The molecule has 0 aromatic heterocycles. The van der Waals surface area contributed by atoms with Crippen molar-refractivity contribution in [1.82, 2.24) is 0 Å². The zero-order valence-electron chi connectivity index (χ0n) is 35.0. The highest BCUT2D eigenvalue weighted by atomic mass is 28.5. The molecular formula is C44H58O6Si9. The first-order chi connectivity index (χ1) is 28.7. The molecule has 0 spiro atoms. The van der Waals surface area contributed by atoms with Crippen molar-refractivity contribution < 1.29 is 24.7 Å². The van der Waals surface area contributed by atoms with E-state index in [1.807, 2.05) is 0 Å². The molecule has 6 unspecified atom stereocenters. The van der Waals surface area contributed by atoms with E-state index in [4.69, 9.17) is 24.7 Å². The highest BCUT2D eigenvalue weighted by molar-refractivity contribution is 6.93. The van der Waals surface area contributed by atoms with Gasteiger partial charge < -0.3 is 24.7 Å². The van der Waals surface area contributed by atoms with Crippen LogP contribution >= 0.6 is 0 Å². The number of benzene rings is 6. The van der Waals surface area contributed by atoms with Crippen LogP contribution in [0.25, 0.3) is 0 Å². The van der Waals surface area contributed by atoms with Crippen molar-refractivity contribution in [3.8, 4) is 0 Å². The van der Waals surface area contributed by atoms with Crippen LogP contribution in [0.4, 0.5) is 0 Å². The Morgan fingerprint density at radius 3 is 0.678 bits per heavy atom. The van der Waals surface area contributed by atoms with E-state index < -0.39 is 82.1 Å². The Morgan fingerprint density at radius 2 is 0.475 bits per heavy atom. The second-order valence-electron chi connectivity index (χ2n) is 14.8. The molecule has 0 saturated carbocycles. The van der Waals surface area contributed by atoms with Crippen molar-refractivity contribution in [1.29, 1.82) is 0 Å². The normalized spacial score (nSPS) is 16.1. The van der Waals surface area contributed by atoms with Crippen LogP contribution in [0.3, 0.4) is 0 Å². The van der Waals surface area contributed by atoms with E-state index >= 15 is 0 Å². The lowest BCUT2D eigenvalue weighted by Crippen LogP contribution is -2.53. The fourth-order valence-corrected chi connectivity index (χ4v) is 36.3. The SMILES string of the molecule is C[SiH](O[SiH](C=C([SiH](O[SiH](C)c1ccccc1)O[SiH](C)c1ccccc1)[SiH](O[SiH](C)c1ccccc1)O[SiH](C)c1ccccc1)O[SiH](C)c1ccccc1)c1ccccc1. The van der Waals surface area contributed by atoms with Crippen LogP contribution in [0.15, 0.2) is 193 Å². The molecule has 0 amide bonds. The van der Waals surface area contributed by atoms with E-state index in [2.05, 4.69) is 227 Å². The molecule has 306 valence electrons. The maximum absolute atomic E-state index is 7.49. The molecule has 6 atom stereocenters. The summed E-state index contributed by atoms with van der Waals surface area (Å²) in [6.45, 7) is 13.7. The van der Waals surface area contributed by atoms with Crippen LogP contribution in [-0.4, -0.2) is 82.1 Å². The summed E-state index contributed by atoms with van der Waals surface area (Å²) in [5, 5.41) is 7.50. The van der Waals surface area contributed by atoms with Gasteiger partial charge in [-0.25, -0.2) is 0 Å². The van der Waals surface area contributed by atoms with Crippen molar-refractivity contribution in [2.24, 2.45) is 0 Å². The second-order valence-corrected chi connectivity index (χ2v) is 37.5. The lowest BCUT2D eigenvalue weighted by Gasteiger charge is -2.33. The van der Waals surface area contributed by atoms with Crippen LogP contribution in [0.2, 0.25) is 39.3 Å². The van der Waals surface area contributed by atoms with Gasteiger partial charge in [-0.3, -0.25) is 0 Å². The molecule has 6 rings (SSSR count). The van der Waals surface area contributed by atoms with Gasteiger partial charge in [0.1, 0.15) is 0 Å². The Hall–Kier alpha value is -3.23. The zero-order chi connectivity index (χ0) is 41.4. The van der Waals surface area contributed by atoms with Crippen molar-refractivity contribution >= 4 is 113 Å². The molecule has 0 aliphatic rings. The Labute approximate surface area is 367 Å².